The van der Waals surface area contributed by atoms with E-state index in [1.807, 2.05) is 0 Å². The van der Waals surface area contributed by atoms with Gasteiger partial charge in [0.1, 0.15) is 10.8 Å². The van der Waals surface area contributed by atoms with Gasteiger partial charge in [0.25, 0.3) is 0 Å². The maximum Gasteiger partial charge on any atom is 0.247 e. The van der Waals surface area contributed by atoms with Crippen LogP contribution in [0.25, 0.3) is 0 Å². The second-order valence-corrected chi connectivity index (χ2v) is 7.41. The molecule has 5 N–H and O–H groups in total. The van der Waals surface area contributed by atoms with Crippen molar-refractivity contribution in [3.05, 3.63) is 47.9 Å². The van der Waals surface area contributed by atoms with Crippen LogP contribution in [0, 0.1) is 11.7 Å². The first-order valence-corrected chi connectivity index (χ1v) is 9.82. The first kappa shape index (κ1) is 21.5. The molecule has 158 valence electrons. The summed E-state index contributed by atoms with van der Waals surface area (Å²) in [6.45, 7) is 3.39. The third kappa shape index (κ3) is 5.44. The standard InChI is InChI=1S/C20H22ClFN6O2/c1-2-17(29)26-16-9-12(22)6-7-15(16)27-19-14(21)10-24-20(28-19)25-13-5-3-4-11(8-13)18(23)30/h2,6-7,9-11,13H,1,3-5,8H2,(H2,23,30)(H,26,29)(H2,24,25,27,28)/t11-,13+/m1/s1. The van der Waals surface area contributed by atoms with Gasteiger partial charge in [0, 0.05) is 12.0 Å². The van der Waals surface area contributed by atoms with E-state index in [1.54, 1.807) is 0 Å². The molecule has 1 saturated carbocycles. The van der Waals surface area contributed by atoms with Crippen LogP contribution < -0.4 is 21.7 Å². The van der Waals surface area contributed by atoms with Crippen LogP contribution in [0.15, 0.2) is 37.1 Å². The molecule has 0 saturated heterocycles. The summed E-state index contributed by atoms with van der Waals surface area (Å²) in [4.78, 5) is 31.7. The topological polar surface area (TPSA) is 122 Å². The molecule has 1 aromatic carbocycles. The number of nitrogens with one attached hydrogen (secondary N) is 3. The van der Waals surface area contributed by atoms with Gasteiger partial charge in [-0.1, -0.05) is 24.6 Å². The van der Waals surface area contributed by atoms with Crippen LogP contribution in [-0.4, -0.2) is 27.8 Å². The minimum Gasteiger partial charge on any atom is -0.369 e. The number of anilines is 4. The number of nitrogens with two attached hydrogens (primary N) is 1. The maximum atomic E-state index is 13.6. The molecule has 10 heteroatoms. The molecule has 1 aliphatic rings. The zero-order valence-electron chi connectivity index (χ0n) is 16.1. The molecule has 0 radical (unpaired) electrons. The Morgan fingerprint density at radius 3 is 2.83 bits per heavy atom. The number of primary amides is 1. The van der Waals surface area contributed by atoms with Gasteiger partial charge in [-0.2, -0.15) is 4.98 Å². The van der Waals surface area contributed by atoms with Crippen LogP contribution in [0.2, 0.25) is 5.02 Å². The minimum absolute atomic E-state index is 0.0125. The Morgan fingerprint density at radius 2 is 2.10 bits per heavy atom. The average Bonchev–Trinajstić information content (AvgIpc) is 2.72. The number of hydrogen-bond acceptors (Lipinski definition) is 6. The van der Waals surface area contributed by atoms with E-state index in [1.165, 1.54) is 24.4 Å². The van der Waals surface area contributed by atoms with Gasteiger partial charge in [-0.25, -0.2) is 9.37 Å². The van der Waals surface area contributed by atoms with E-state index in [0.717, 1.165) is 25.3 Å². The number of halogens is 2. The number of amides is 2. The van der Waals surface area contributed by atoms with Crippen molar-refractivity contribution in [3.8, 4) is 0 Å². The van der Waals surface area contributed by atoms with Crippen LogP contribution in [0.1, 0.15) is 25.7 Å². The van der Waals surface area contributed by atoms with Crippen molar-refractivity contribution in [2.75, 3.05) is 16.0 Å². The SMILES string of the molecule is C=CC(=O)Nc1cc(F)ccc1Nc1nc(N[C@H]2CCC[C@@H](C(N)=O)C2)ncc1Cl. The largest absolute Gasteiger partial charge is 0.369 e. The summed E-state index contributed by atoms with van der Waals surface area (Å²) in [5.41, 5.74) is 6.04. The molecular weight excluding hydrogens is 411 g/mol. The van der Waals surface area contributed by atoms with Crippen molar-refractivity contribution in [2.45, 2.75) is 31.7 Å². The van der Waals surface area contributed by atoms with Gasteiger partial charge in [-0.3, -0.25) is 9.59 Å². The number of nitrogens with zero attached hydrogens (tertiary/aromatic N) is 2. The van der Waals surface area contributed by atoms with Crippen molar-refractivity contribution in [3.63, 3.8) is 0 Å². The van der Waals surface area contributed by atoms with E-state index < -0.39 is 11.7 Å². The highest BCUT2D eigenvalue weighted by atomic mass is 35.5. The Morgan fingerprint density at radius 1 is 1.30 bits per heavy atom. The van der Waals surface area contributed by atoms with E-state index >= 15 is 0 Å². The van der Waals surface area contributed by atoms with Gasteiger partial charge in [-0.05, 0) is 43.5 Å². The number of benzene rings is 1. The highest BCUT2D eigenvalue weighted by Gasteiger charge is 2.26. The van der Waals surface area contributed by atoms with Gasteiger partial charge >= 0.3 is 0 Å². The van der Waals surface area contributed by atoms with Gasteiger partial charge in [-0.15, -0.1) is 0 Å². The van der Waals surface area contributed by atoms with Crippen molar-refractivity contribution < 1.29 is 14.0 Å². The van der Waals surface area contributed by atoms with Crippen LogP contribution >= 0.6 is 11.6 Å². The summed E-state index contributed by atoms with van der Waals surface area (Å²) in [6.07, 6.45) is 5.66. The van der Waals surface area contributed by atoms with Gasteiger partial charge in [0.05, 0.1) is 17.6 Å². The van der Waals surface area contributed by atoms with Gasteiger partial charge < -0.3 is 21.7 Å². The summed E-state index contributed by atoms with van der Waals surface area (Å²) in [6, 6.07) is 3.88. The fourth-order valence-electron chi connectivity index (χ4n) is 3.33. The van der Waals surface area contributed by atoms with Gasteiger partial charge in [0.2, 0.25) is 17.8 Å². The predicted molar refractivity (Wildman–Crippen MR) is 114 cm³/mol. The second-order valence-electron chi connectivity index (χ2n) is 7.01. The number of rotatable bonds is 7. The average molecular weight is 433 g/mol. The van der Waals surface area contributed by atoms with E-state index in [2.05, 4.69) is 32.5 Å². The lowest BCUT2D eigenvalue weighted by atomic mass is 9.85. The fraction of sp³-hybridized carbons (Fsp3) is 0.300. The Kier molecular flexibility index (Phi) is 6.83. The molecule has 0 bridgehead atoms. The Labute approximate surface area is 178 Å². The van der Waals surface area contributed by atoms with E-state index in [-0.39, 0.29) is 34.4 Å². The normalized spacial score (nSPS) is 18.3. The summed E-state index contributed by atoms with van der Waals surface area (Å²) in [5, 5.41) is 8.97. The Balaban J connectivity index is 1.78. The van der Waals surface area contributed by atoms with Crippen molar-refractivity contribution in [1.29, 1.82) is 0 Å². The molecule has 0 spiro atoms. The third-order valence-corrected chi connectivity index (χ3v) is 5.11. The van der Waals surface area contributed by atoms with Crippen molar-refractivity contribution in [2.24, 2.45) is 11.7 Å². The Bertz CT molecular complexity index is 970. The molecule has 8 nitrogen and oxygen atoms in total. The number of carbonyl (C=O) groups is 2. The van der Waals surface area contributed by atoms with Crippen LogP contribution in [-0.2, 0) is 9.59 Å². The molecule has 30 heavy (non-hydrogen) atoms. The minimum atomic E-state index is -0.516. The molecule has 1 fully saturated rings. The van der Waals surface area contributed by atoms with Crippen molar-refractivity contribution >= 4 is 46.6 Å². The zero-order chi connectivity index (χ0) is 21.7. The van der Waals surface area contributed by atoms with E-state index in [9.17, 15) is 14.0 Å². The smallest absolute Gasteiger partial charge is 0.247 e. The predicted octanol–water partition coefficient (Wildman–Crippen LogP) is 3.59. The fourth-order valence-corrected chi connectivity index (χ4v) is 3.46. The summed E-state index contributed by atoms with van der Waals surface area (Å²) in [5.74, 6) is -0.867. The molecule has 0 unspecified atom stereocenters. The van der Waals surface area contributed by atoms with Crippen LogP contribution in [0.5, 0.6) is 0 Å². The number of aromatic nitrogens is 2. The van der Waals surface area contributed by atoms with Crippen molar-refractivity contribution in [1.82, 2.24) is 9.97 Å². The first-order chi connectivity index (χ1) is 14.4. The Hall–Kier alpha value is -3.20. The molecule has 1 aromatic heterocycles. The lowest BCUT2D eigenvalue weighted by molar-refractivity contribution is -0.122. The highest BCUT2D eigenvalue weighted by molar-refractivity contribution is 6.33. The number of carbonyl (C=O) groups excluding carboxylic acids is 2. The lowest BCUT2D eigenvalue weighted by Gasteiger charge is -2.28. The lowest BCUT2D eigenvalue weighted by Crippen LogP contribution is -2.34. The summed E-state index contributed by atoms with van der Waals surface area (Å²) >= 11 is 6.22. The summed E-state index contributed by atoms with van der Waals surface area (Å²) in [7, 11) is 0. The molecular formula is C20H22ClFN6O2. The monoisotopic (exact) mass is 432 g/mol. The molecule has 1 heterocycles. The second kappa shape index (κ2) is 9.53. The molecule has 2 atom stereocenters. The van der Waals surface area contributed by atoms with E-state index in [4.69, 9.17) is 17.3 Å². The molecule has 2 amide bonds. The van der Waals surface area contributed by atoms with E-state index in [0.29, 0.717) is 18.1 Å². The highest BCUT2D eigenvalue weighted by Crippen LogP contribution is 2.31. The molecule has 3 rings (SSSR count). The van der Waals surface area contributed by atoms with Gasteiger partial charge in [0.15, 0.2) is 5.82 Å². The van der Waals surface area contributed by atoms with Crippen LogP contribution in [0.3, 0.4) is 0 Å². The molecule has 1 aliphatic carbocycles. The molecule has 0 aliphatic heterocycles. The summed E-state index contributed by atoms with van der Waals surface area (Å²) < 4.78 is 13.6. The third-order valence-electron chi connectivity index (χ3n) is 4.83. The quantitative estimate of drug-likeness (QED) is 0.496. The molecule has 2 aromatic rings. The van der Waals surface area contributed by atoms with Crippen LogP contribution in [0.4, 0.5) is 27.5 Å². The maximum absolute atomic E-state index is 13.6. The zero-order valence-corrected chi connectivity index (χ0v) is 16.9. The first-order valence-electron chi connectivity index (χ1n) is 9.44. The number of hydrogen-bond donors (Lipinski definition) is 4.